The van der Waals surface area contributed by atoms with Gasteiger partial charge in [-0.3, -0.25) is 9.69 Å². The van der Waals surface area contributed by atoms with Gasteiger partial charge in [0.2, 0.25) is 15.9 Å². The van der Waals surface area contributed by atoms with E-state index in [0.29, 0.717) is 13.1 Å². The maximum Gasteiger partial charge on any atom is 0.241 e. The number of sulfonamides is 1. The van der Waals surface area contributed by atoms with Crippen LogP contribution >= 0.6 is 15.9 Å². The quantitative estimate of drug-likeness (QED) is 0.712. The summed E-state index contributed by atoms with van der Waals surface area (Å²) in [6.45, 7) is 13.2. The molecule has 8 heteroatoms. The van der Waals surface area contributed by atoms with Crippen molar-refractivity contribution in [1.82, 2.24) is 14.5 Å². The fourth-order valence-corrected chi connectivity index (χ4v) is 4.93. The van der Waals surface area contributed by atoms with Crippen LogP contribution in [0.2, 0.25) is 0 Å². The van der Waals surface area contributed by atoms with Crippen molar-refractivity contribution in [3.63, 3.8) is 0 Å². The molecule has 158 valence electrons. The van der Waals surface area contributed by atoms with Crippen LogP contribution in [0.25, 0.3) is 0 Å². The Morgan fingerprint density at radius 3 is 2.21 bits per heavy atom. The Hall–Kier alpha value is -0.960. The molecular weight excluding hydrogens is 442 g/mol. The van der Waals surface area contributed by atoms with Crippen molar-refractivity contribution in [2.45, 2.75) is 57.5 Å². The molecule has 0 bridgehead atoms. The number of halogens is 1. The molecular formula is C20H32BrN3O3S. The lowest BCUT2D eigenvalue weighted by atomic mass is 10.0. The first-order valence-corrected chi connectivity index (χ1v) is 12.0. The van der Waals surface area contributed by atoms with E-state index >= 15 is 0 Å². The third kappa shape index (κ3) is 6.02. The first-order valence-electron chi connectivity index (χ1n) is 9.73. The Morgan fingerprint density at radius 1 is 1.07 bits per heavy atom. The molecule has 0 spiro atoms. The third-order valence-electron chi connectivity index (χ3n) is 5.10. The van der Waals surface area contributed by atoms with E-state index in [2.05, 4.69) is 46.3 Å². The summed E-state index contributed by atoms with van der Waals surface area (Å²) < 4.78 is 29.0. The van der Waals surface area contributed by atoms with Gasteiger partial charge in [-0.05, 0) is 57.4 Å². The summed E-state index contributed by atoms with van der Waals surface area (Å²) >= 11 is 3.31. The molecule has 0 unspecified atom stereocenters. The maximum atomic E-state index is 13.2. The normalized spacial score (nSPS) is 18.2. The second kappa shape index (κ2) is 9.24. The highest BCUT2D eigenvalue weighted by Crippen LogP contribution is 2.19. The molecule has 1 amide bonds. The zero-order valence-electron chi connectivity index (χ0n) is 17.4. The molecule has 1 aromatic rings. The van der Waals surface area contributed by atoms with E-state index in [4.69, 9.17) is 0 Å². The lowest BCUT2D eigenvalue weighted by molar-refractivity contribution is -0.134. The maximum absolute atomic E-state index is 13.2. The third-order valence-corrected chi connectivity index (χ3v) is 7.08. The van der Waals surface area contributed by atoms with E-state index in [-0.39, 0.29) is 22.3 Å². The van der Waals surface area contributed by atoms with Crippen molar-refractivity contribution in [2.75, 3.05) is 26.2 Å². The van der Waals surface area contributed by atoms with Gasteiger partial charge in [0.1, 0.15) is 6.04 Å². The van der Waals surface area contributed by atoms with Gasteiger partial charge in [-0.1, -0.05) is 29.8 Å². The van der Waals surface area contributed by atoms with Gasteiger partial charge in [-0.2, -0.15) is 4.72 Å². The molecule has 2 rings (SSSR count). The second-order valence-corrected chi connectivity index (χ2v) is 11.3. The summed E-state index contributed by atoms with van der Waals surface area (Å²) in [5.41, 5.74) is 0.0552. The first-order chi connectivity index (χ1) is 12.9. The van der Waals surface area contributed by atoms with E-state index in [1.54, 1.807) is 17.0 Å². The van der Waals surface area contributed by atoms with Gasteiger partial charge in [0.05, 0.1) is 4.90 Å². The Balaban J connectivity index is 2.15. The molecule has 28 heavy (non-hydrogen) atoms. The summed E-state index contributed by atoms with van der Waals surface area (Å²) in [5, 5.41) is 0. The highest BCUT2D eigenvalue weighted by atomic mass is 79.9. The zero-order chi connectivity index (χ0) is 21.1. The van der Waals surface area contributed by atoms with Crippen molar-refractivity contribution in [1.29, 1.82) is 0 Å². The fraction of sp³-hybridized carbons (Fsp3) is 0.650. The minimum Gasteiger partial charge on any atom is -0.340 e. The van der Waals surface area contributed by atoms with Crippen LogP contribution in [0.15, 0.2) is 33.6 Å². The van der Waals surface area contributed by atoms with Crippen LogP contribution in [0, 0.1) is 5.92 Å². The van der Waals surface area contributed by atoms with Gasteiger partial charge >= 0.3 is 0 Å². The average molecular weight is 474 g/mol. The van der Waals surface area contributed by atoms with Crippen LogP contribution in [0.1, 0.15) is 41.0 Å². The van der Waals surface area contributed by atoms with Crippen molar-refractivity contribution in [3.05, 3.63) is 28.7 Å². The van der Waals surface area contributed by atoms with E-state index in [9.17, 15) is 13.2 Å². The van der Waals surface area contributed by atoms with Crippen LogP contribution < -0.4 is 4.72 Å². The average Bonchev–Trinajstić information content (AvgIpc) is 2.85. The predicted octanol–water partition coefficient (Wildman–Crippen LogP) is 3.08. The largest absolute Gasteiger partial charge is 0.340 e. The van der Waals surface area contributed by atoms with Gasteiger partial charge in [0.15, 0.2) is 0 Å². The highest BCUT2D eigenvalue weighted by molar-refractivity contribution is 9.10. The Morgan fingerprint density at radius 2 is 1.68 bits per heavy atom. The van der Waals surface area contributed by atoms with Crippen LogP contribution in [-0.2, 0) is 14.8 Å². The summed E-state index contributed by atoms with van der Waals surface area (Å²) in [6.07, 6.45) is 0.882. The van der Waals surface area contributed by atoms with Gasteiger partial charge in [-0.25, -0.2) is 8.42 Å². The van der Waals surface area contributed by atoms with Crippen molar-refractivity contribution in [2.24, 2.45) is 5.92 Å². The number of amides is 1. The predicted molar refractivity (Wildman–Crippen MR) is 116 cm³/mol. The number of carbonyl (C=O) groups excluding carboxylic acids is 1. The minimum atomic E-state index is -3.78. The number of hydrogen-bond acceptors (Lipinski definition) is 4. The summed E-state index contributed by atoms with van der Waals surface area (Å²) in [7, 11) is -3.78. The molecule has 0 saturated carbocycles. The first kappa shape index (κ1) is 23.3. The number of hydrogen-bond donors (Lipinski definition) is 1. The molecule has 1 aliphatic heterocycles. The second-order valence-electron chi connectivity index (χ2n) is 8.63. The molecule has 1 aliphatic rings. The number of nitrogens with one attached hydrogen (secondary N) is 1. The zero-order valence-corrected chi connectivity index (χ0v) is 19.8. The van der Waals surface area contributed by atoms with Gasteiger partial charge in [-0.15, -0.1) is 0 Å². The number of benzene rings is 1. The van der Waals surface area contributed by atoms with E-state index < -0.39 is 16.1 Å². The van der Waals surface area contributed by atoms with Crippen molar-refractivity contribution >= 4 is 31.9 Å². The smallest absolute Gasteiger partial charge is 0.241 e. The van der Waals surface area contributed by atoms with Gasteiger partial charge in [0.25, 0.3) is 0 Å². The lowest BCUT2D eigenvalue weighted by Crippen LogP contribution is -2.52. The summed E-state index contributed by atoms with van der Waals surface area (Å²) in [4.78, 5) is 17.5. The van der Waals surface area contributed by atoms with Crippen LogP contribution in [0.4, 0.5) is 0 Å². The molecule has 1 aromatic carbocycles. The molecule has 0 aromatic heterocycles. The van der Waals surface area contributed by atoms with Crippen molar-refractivity contribution in [3.8, 4) is 0 Å². The van der Waals surface area contributed by atoms with Crippen LogP contribution in [-0.4, -0.2) is 61.9 Å². The molecule has 1 N–H and O–H groups in total. The molecule has 6 nitrogen and oxygen atoms in total. The topological polar surface area (TPSA) is 69.7 Å². The lowest BCUT2D eigenvalue weighted by Gasteiger charge is -2.34. The highest BCUT2D eigenvalue weighted by Gasteiger charge is 2.33. The Bertz CT molecular complexity index is 773. The SMILES string of the molecule is CC(C)[C@H](NS(=O)(=O)c1ccc(Br)cc1)C(=O)N1CCCN(C(C)(C)C)CC1. The molecule has 1 atom stereocenters. The van der Waals surface area contributed by atoms with Gasteiger partial charge < -0.3 is 4.90 Å². The van der Waals surface area contributed by atoms with E-state index in [1.165, 1.54) is 12.1 Å². The summed E-state index contributed by atoms with van der Waals surface area (Å²) in [5.74, 6) is -0.300. The number of nitrogens with zero attached hydrogens (tertiary/aromatic N) is 2. The standard InChI is InChI=1S/C20H32BrN3O3S/c1-15(2)18(22-28(26,27)17-9-7-16(21)8-10-17)19(25)23-11-6-12-24(14-13-23)20(3,4)5/h7-10,15,18,22H,6,11-14H2,1-5H3/t18-/m0/s1. The Kier molecular flexibility index (Phi) is 7.69. The van der Waals surface area contributed by atoms with Crippen molar-refractivity contribution < 1.29 is 13.2 Å². The molecule has 1 saturated heterocycles. The molecule has 0 aliphatic carbocycles. The molecule has 1 fully saturated rings. The van der Waals surface area contributed by atoms with Gasteiger partial charge in [0, 0.05) is 36.2 Å². The molecule has 0 radical (unpaired) electrons. The number of carbonyl (C=O) groups is 1. The molecule has 1 heterocycles. The van der Waals surface area contributed by atoms with E-state index in [0.717, 1.165) is 24.0 Å². The minimum absolute atomic E-state index is 0.0552. The van der Waals surface area contributed by atoms with Crippen LogP contribution in [0.3, 0.4) is 0 Å². The van der Waals surface area contributed by atoms with E-state index in [1.807, 2.05) is 13.8 Å². The monoisotopic (exact) mass is 473 g/mol. The van der Waals surface area contributed by atoms with Crippen LogP contribution in [0.5, 0.6) is 0 Å². The number of rotatable bonds is 5. The fourth-order valence-electron chi connectivity index (χ4n) is 3.33. The Labute approximate surface area is 177 Å². The summed E-state index contributed by atoms with van der Waals surface area (Å²) in [6, 6.07) is 5.63.